The molecule has 0 N–H and O–H groups in total. The quantitative estimate of drug-likeness (QED) is 0.0856. The Labute approximate surface area is 245 Å². The zero-order chi connectivity index (χ0) is 29.3. The number of hydrogen-bond acceptors (Lipinski definition) is 5. The van der Waals surface area contributed by atoms with Gasteiger partial charge in [0.2, 0.25) is 0 Å². The summed E-state index contributed by atoms with van der Waals surface area (Å²) in [5.41, 5.74) is 6.35. The molecule has 1 unspecified atom stereocenters. The molecule has 0 spiro atoms. The molecule has 0 aromatic heterocycles. The van der Waals surface area contributed by atoms with Crippen molar-refractivity contribution in [2.75, 3.05) is 0 Å². The van der Waals surface area contributed by atoms with Crippen molar-refractivity contribution < 1.29 is 23.4 Å². The Kier molecular flexibility index (Phi) is 7.28. The number of ether oxygens (including phenoxy) is 2. The van der Waals surface area contributed by atoms with Gasteiger partial charge in [0, 0.05) is 11.1 Å². The van der Waals surface area contributed by atoms with Crippen molar-refractivity contribution in [1.82, 2.24) is 0 Å². The lowest BCUT2D eigenvalue weighted by Gasteiger charge is -2.29. The number of fused-ring (bicyclic) bond motifs is 3. The third-order valence-electron chi connectivity index (χ3n) is 7.17. The van der Waals surface area contributed by atoms with Crippen molar-refractivity contribution >= 4 is 23.9 Å². The lowest BCUT2D eigenvalue weighted by atomic mass is 10.0. The van der Waals surface area contributed by atoms with Crippen LogP contribution in [-0.2, 0) is 16.0 Å². The molecule has 1 atom stereocenters. The van der Waals surface area contributed by atoms with Gasteiger partial charge in [0.15, 0.2) is 0 Å². The molecule has 5 aromatic rings. The smallest absolute Gasteiger partial charge is 0.338 e. The third kappa shape index (κ3) is 5.27. The Morgan fingerprint density at radius 3 is 2.14 bits per heavy atom. The number of carbonyl (C=O) groups is 1. The monoisotopic (exact) mass is 572 g/mol. The maximum absolute atomic E-state index is 14.9. The summed E-state index contributed by atoms with van der Waals surface area (Å²) >= 11 is 0. The highest BCUT2D eigenvalue weighted by molar-refractivity contribution is 7.75. The predicted molar refractivity (Wildman–Crippen MR) is 167 cm³/mol. The zero-order valence-electron chi connectivity index (χ0n) is 23.4. The molecule has 5 aromatic carbocycles. The van der Waals surface area contributed by atoms with Crippen molar-refractivity contribution in [3.8, 4) is 39.5 Å². The van der Waals surface area contributed by atoms with Crippen LogP contribution in [0, 0.1) is 6.92 Å². The number of benzene rings is 5. The van der Waals surface area contributed by atoms with Gasteiger partial charge >= 0.3 is 13.3 Å². The highest BCUT2D eigenvalue weighted by Crippen LogP contribution is 2.55. The number of rotatable bonds is 7. The lowest BCUT2D eigenvalue weighted by molar-refractivity contribution is -0.130. The zero-order valence-corrected chi connectivity index (χ0v) is 24.3. The molecule has 6 heteroatoms. The molecule has 0 fully saturated rings. The van der Waals surface area contributed by atoms with Gasteiger partial charge in [0.1, 0.15) is 23.9 Å². The Morgan fingerprint density at radius 1 is 0.786 bits per heavy atom. The minimum atomic E-state index is -3.77. The topological polar surface area (TPSA) is 61.8 Å². The van der Waals surface area contributed by atoms with Gasteiger partial charge in [-0.3, -0.25) is 4.57 Å². The first kappa shape index (κ1) is 27.3. The van der Waals surface area contributed by atoms with Crippen molar-refractivity contribution in [3.63, 3.8) is 0 Å². The Bertz CT molecular complexity index is 1860. The number of esters is 1. The lowest BCUT2D eigenvalue weighted by Crippen LogP contribution is -2.27. The number of hydrogen-bond donors (Lipinski definition) is 0. The fourth-order valence-corrected chi connectivity index (χ4v) is 7.28. The molecule has 1 aliphatic rings. The summed E-state index contributed by atoms with van der Waals surface area (Å²) in [6.45, 7) is 7.62. The minimum absolute atomic E-state index is 0.135. The summed E-state index contributed by atoms with van der Waals surface area (Å²) in [7, 11) is -3.77. The van der Waals surface area contributed by atoms with Gasteiger partial charge in [0.05, 0.1) is 10.6 Å². The van der Waals surface area contributed by atoms with E-state index in [-0.39, 0.29) is 16.6 Å². The third-order valence-corrected chi connectivity index (χ3v) is 9.63. The van der Waals surface area contributed by atoms with E-state index in [1.54, 1.807) is 37.3 Å². The number of carbonyl (C=O) groups excluding carboxylic acids is 1. The molecule has 0 amide bonds. The van der Waals surface area contributed by atoms with Crippen LogP contribution in [0.15, 0.2) is 127 Å². The molecule has 0 aliphatic carbocycles. The molecule has 6 rings (SSSR count). The summed E-state index contributed by atoms with van der Waals surface area (Å²) in [5.74, 6) is 0.487. The van der Waals surface area contributed by atoms with Gasteiger partial charge < -0.3 is 14.0 Å². The van der Waals surface area contributed by atoms with Crippen LogP contribution < -0.4 is 24.6 Å². The van der Waals surface area contributed by atoms with E-state index in [4.69, 9.17) is 14.0 Å². The summed E-state index contributed by atoms with van der Waals surface area (Å²) in [4.78, 5) is 12.6. The van der Waals surface area contributed by atoms with Crippen LogP contribution in [-0.4, -0.2) is 5.97 Å². The van der Waals surface area contributed by atoms with Crippen LogP contribution >= 0.6 is 7.37 Å². The van der Waals surface area contributed by atoms with Gasteiger partial charge in [-0.05, 0) is 66.4 Å². The molecule has 0 saturated carbocycles. The Morgan fingerprint density at radius 2 is 1.43 bits per heavy atom. The van der Waals surface area contributed by atoms with Crippen molar-refractivity contribution in [3.05, 3.63) is 139 Å². The van der Waals surface area contributed by atoms with Crippen LogP contribution in [0.2, 0.25) is 0 Å². The number of aryl methyl sites for hydroxylation is 1. The van der Waals surface area contributed by atoms with E-state index < -0.39 is 13.3 Å². The van der Waals surface area contributed by atoms with E-state index in [9.17, 15) is 9.36 Å². The predicted octanol–water partition coefficient (Wildman–Crippen LogP) is 8.01. The van der Waals surface area contributed by atoms with Gasteiger partial charge in [-0.15, -0.1) is 0 Å². The van der Waals surface area contributed by atoms with E-state index in [0.717, 1.165) is 27.8 Å². The standard InChI is InChI=1S/C36H29O5P/c1-24(2)36(37)40-33-21-20-29(39-23-26-14-18-28(19-15-26)27-16-12-25(3)13-17-27)22-35(33)42(38)34-11-7-5-9-31(34)30-8-4-6-10-32(30)41-42/h4-22H,1,23H2,2-3H3. The first-order valence-electron chi connectivity index (χ1n) is 13.6. The normalized spacial score (nSPS) is 15.1. The second-order valence-corrected chi connectivity index (χ2v) is 12.6. The molecule has 5 nitrogen and oxygen atoms in total. The van der Waals surface area contributed by atoms with E-state index in [2.05, 4.69) is 49.9 Å². The maximum atomic E-state index is 14.9. The molecular weight excluding hydrogens is 543 g/mol. The van der Waals surface area contributed by atoms with Gasteiger partial charge in [-0.25, -0.2) is 4.79 Å². The highest BCUT2D eigenvalue weighted by Gasteiger charge is 2.40. The maximum Gasteiger partial charge on any atom is 0.338 e. The van der Waals surface area contributed by atoms with E-state index in [0.29, 0.717) is 23.4 Å². The van der Waals surface area contributed by atoms with Crippen molar-refractivity contribution in [2.24, 2.45) is 0 Å². The van der Waals surface area contributed by atoms with Gasteiger partial charge in [-0.1, -0.05) is 97.1 Å². The molecule has 42 heavy (non-hydrogen) atoms. The largest absolute Gasteiger partial charge is 0.489 e. The van der Waals surface area contributed by atoms with Gasteiger partial charge in [0.25, 0.3) is 0 Å². The summed E-state index contributed by atoms with van der Waals surface area (Å²) in [5, 5.41) is 0.770. The second-order valence-electron chi connectivity index (χ2n) is 10.3. The summed E-state index contributed by atoms with van der Waals surface area (Å²) < 4.78 is 33.0. The fraction of sp³-hybridized carbons (Fsp3) is 0.0833. The summed E-state index contributed by atoms with van der Waals surface area (Å²) in [6, 6.07) is 36.4. The average Bonchev–Trinajstić information content (AvgIpc) is 3.01. The first-order valence-corrected chi connectivity index (χ1v) is 15.2. The molecular formula is C36H29O5P. The molecule has 1 heterocycles. The minimum Gasteiger partial charge on any atom is -0.489 e. The average molecular weight is 573 g/mol. The van der Waals surface area contributed by atoms with Crippen molar-refractivity contribution in [1.29, 1.82) is 0 Å². The Balaban J connectivity index is 1.34. The van der Waals surface area contributed by atoms with E-state index in [1.807, 2.05) is 48.5 Å². The van der Waals surface area contributed by atoms with Crippen LogP contribution in [0.5, 0.6) is 17.2 Å². The SMILES string of the molecule is C=C(C)C(=O)Oc1ccc(OCc2ccc(-c3ccc(C)cc3)cc2)cc1P1(=O)Oc2ccccc2-c2ccccc21. The van der Waals surface area contributed by atoms with Crippen LogP contribution in [0.1, 0.15) is 18.1 Å². The molecule has 0 saturated heterocycles. The Hall–Kier alpha value is -4.86. The van der Waals surface area contributed by atoms with Crippen LogP contribution in [0.4, 0.5) is 0 Å². The van der Waals surface area contributed by atoms with E-state index in [1.165, 1.54) is 5.56 Å². The molecule has 0 radical (unpaired) electrons. The molecule has 0 bridgehead atoms. The summed E-state index contributed by atoms with van der Waals surface area (Å²) in [6.07, 6.45) is 0. The van der Waals surface area contributed by atoms with E-state index >= 15 is 0 Å². The highest BCUT2D eigenvalue weighted by atomic mass is 31.2. The molecule has 208 valence electrons. The van der Waals surface area contributed by atoms with Gasteiger partial charge in [-0.2, -0.15) is 0 Å². The second kappa shape index (κ2) is 11.2. The fourth-order valence-electron chi connectivity index (χ4n) is 4.89. The first-order chi connectivity index (χ1) is 20.3. The molecule has 1 aliphatic heterocycles. The van der Waals surface area contributed by atoms with Crippen molar-refractivity contribution in [2.45, 2.75) is 20.5 Å². The van der Waals surface area contributed by atoms with Crippen LogP contribution in [0.25, 0.3) is 22.3 Å². The number of para-hydroxylation sites is 1. The van der Waals surface area contributed by atoms with Crippen LogP contribution in [0.3, 0.4) is 0 Å².